The smallest absolute Gasteiger partial charge is 0.0621 e. The van der Waals surface area contributed by atoms with Crippen molar-refractivity contribution in [1.82, 2.24) is 0 Å². The first-order valence-electron chi connectivity index (χ1n) is 11.9. The zero-order chi connectivity index (χ0) is 18.8. The molecule has 0 aliphatic carbocycles. The van der Waals surface area contributed by atoms with Gasteiger partial charge in [-0.2, -0.15) is 0 Å². The van der Waals surface area contributed by atoms with Crippen LogP contribution in [-0.4, -0.2) is 17.5 Å². The van der Waals surface area contributed by atoms with Crippen molar-refractivity contribution in [3.05, 3.63) is 0 Å². The standard InChI is InChI=1S/C24H51P.ClH/c1-6-7-8-9-10-11-12-13-14-15-16-17-18-19-20-21-22-25(23(2)3)24(4)5;/h23-24H,6-22H2,1-5H3;1H. The van der Waals surface area contributed by atoms with E-state index in [1.165, 1.54) is 103 Å². The van der Waals surface area contributed by atoms with Gasteiger partial charge in [0.05, 0.1) is 17.5 Å². The van der Waals surface area contributed by atoms with Gasteiger partial charge in [0, 0.05) is 7.92 Å². The molecule has 0 nitrogen and oxygen atoms in total. The fraction of sp³-hybridized carbons (Fsp3) is 1.00. The van der Waals surface area contributed by atoms with Crippen LogP contribution in [0.5, 0.6) is 0 Å². The maximum Gasteiger partial charge on any atom is 0.0621 e. The zero-order valence-electron chi connectivity index (χ0n) is 19.1. The van der Waals surface area contributed by atoms with Gasteiger partial charge in [0.25, 0.3) is 0 Å². The molecule has 0 aromatic carbocycles. The third-order valence-electron chi connectivity index (χ3n) is 5.80. The summed E-state index contributed by atoms with van der Waals surface area (Å²) in [6.07, 6.45) is 25.2. The van der Waals surface area contributed by atoms with E-state index in [1.54, 1.807) is 6.16 Å². The van der Waals surface area contributed by atoms with Crippen LogP contribution in [0.4, 0.5) is 0 Å². The van der Waals surface area contributed by atoms with E-state index in [4.69, 9.17) is 0 Å². The van der Waals surface area contributed by atoms with Gasteiger partial charge in [0.1, 0.15) is 0 Å². The summed E-state index contributed by atoms with van der Waals surface area (Å²) in [6, 6.07) is 0. The number of halogens is 1. The summed E-state index contributed by atoms with van der Waals surface area (Å²) in [5.41, 5.74) is 1.92. The lowest BCUT2D eigenvalue weighted by Gasteiger charge is -2.17. The van der Waals surface area contributed by atoms with E-state index in [9.17, 15) is 0 Å². The molecule has 160 valence electrons. The molecule has 0 atom stereocenters. The van der Waals surface area contributed by atoms with Crippen molar-refractivity contribution in [2.24, 2.45) is 0 Å². The number of rotatable bonds is 19. The molecular weight excluding hydrogens is 355 g/mol. The Balaban J connectivity index is 0. The molecule has 0 rings (SSSR count). The molecular formula is C24H52ClP. The van der Waals surface area contributed by atoms with Crippen molar-refractivity contribution >= 4 is 7.92 Å². The molecule has 0 radical (unpaired) electrons. The first-order chi connectivity index (χ1) is 12.1. The molecule has 0 aliphatic heterocycles. The lowest BCUT2D eigenvalue weighted by molar-refractivity contribution is -0.00000578. The molecule has 0 saturated carbocycles. The minimum absolute atomic E-state index is 0. The fourth-order valence-corrected chi connectivity index (χ4v) is 7.27. The van der Waals surface area contributed by atoms with Gasteiger partial charge in [-0.25, -0.2) is 0 Å². The van der Waals surface area contributed by atoms with Crippen molar-refractivity contribution in [2.75, 3.05) is 6.16 Å². The Bertz CT molecular complexity index is 245. The van der Waals surface area contributed by atoms with Gasteiger partial charge in [-0.15, -0.1) is 0 Å². The van der Waals surface area contributed by atoms with E-state index in [2.05, 4.69) is 34.6 Å². The quantitative estimate of drug-likeness (QED) is 0.175. The first kappa shape index (κ1) is 28.9. The van der Waals surface area contributed by atoms with Gasteiger partial charge in [0.2, 0.25) is 0 Å². The SMILES string of the molecule is CCCCCCCCCCCCCCCCCC[PH+](C(C)C)C(C)C.[Cl-]. The summed E-state index contributed by atoms with van der Waals surface area (Å²) in [6.45, 7) is 12.1. The predicted molar refractivity (Wildman–Crippen MR) is 123 cm³/mol. The van der Waals surface area contributed by atoms with Gasteiger partial charge in [0.15, 0.2) is 0 Å². The zero-order valence-corrected chi connectivity index (χ0v) is 20.8. The molecule has 0 saturated heterocycles. The van der Waals surface area contributed by atoms with Crippen LogP contribution >= 0.6 is 7.92 Å². The van der Waals surface area contributed by atoms with E-state index in [1.807, 2.05) is 0 Å². The van der Waals surface area contributed by atoms with E-state index in [-0.39, 0.29) is 20.3 Å². The molecule has 0 spiro atoms. The fourth-order valence-electron chi connectivity index (χ4n) is 4.12. The van der Waals surface area contributed by atoms with Gasteiger partial charge in [-0.1, -0.05) is 96.8 Å². The molecule has 0 N–H and O–H groups in total. The molecule has 0 bridgehead atoms. The third-order valence-corrected chi connectivity index (χ3v) is 9.70. The number of unbranched alkanes of at least 4 members (excludes halogenated alkanes) is 15. The van der Waals surface area contributed by atoms with Gasteiger partial charge < -0.3 is 12.4 Å². The van der Waals surface area contributed by atoms with Gasteiger partial charge in [-0.3, -0.25) is 0 Å². The number of hydrogen-bond donors (Lipinski definition) is 0. The van der Waals surface area contributed by atoms with Crippen LogP contribution < -0.4 is 12.4 Å². The normalized spacial score (nSPS) is 11.5. The van der Waals surface area contributed by atoms with E-state index >= 15 is 0 Å². The summed E-state index contributed by atoms with van der Waals surface area (Å²) in [5, 5.41) is 0. The maximum absolute atomic E-state index is 2.45. The van der Waals surface area contributed by atoms with Crippen LogP contribution in [0.25, 0.3) is 0 Å². The Morgan fingerprint density at radius 1 is 0.462 bits per heavy atom. The average molecular weight is 407 g/mol. The van der Waals surface area contributed by atoms with Crippen LogP contribution in [0, 0.1) is 0 Å². The lowest BCUT2D eigenvalue weighted by atomic mass is 10.0. The Hall–Kier alpha value is 0.720. The van der Waals surface area contributed by atoms with Gasteiger partial charge >= 0.3 is 0 Å². The van der Waals surface area contributed by atoms with Crippen LogP contribution in [0.2, 0.25) is 0 Å². The molecule has 0 aliphatic rings. The van der Waals surface area contributed by atoms with Crippen LogP contribution in [-0.2, 0) is 0 Å². The summed E-state index contributed by atoms with van der Waals surface area (Å²) in [7, 11) is -0.0973. The van der Waals surface area contributed by atoms with Crippen molar-refractivity contribution in [2.45, 2.75) is 149 Å². The summed E-state index contributed by atoms with van der Waals surface area (Å²) < 4.78 is 0. The van der Waals surface area contributed by atoms with Crippen molar-refractivity contribution in [1.29, 1.82) is 0 Å². The largest absolute Gasteiger partial charge is 1.00 e. The lowest BCUT2D eigenvalue weighted by Crippen LogP contribution is -3.00. The summed E-state index contributed by atoms with van der Waals surface area (Å²) in [5.74, 6) is 0. The molecule has 0 aromatic rings. The highest BCUT2D eigenvalue weighted by molar-refractivity contribution is 7.59. The Morgan fingerprint density at radius 2 is 0.731 bits per heavy atom. The van der Waals surface area contributed by atoms with Crippen molar-refractivity contribution < 1.29 is 12.4 Å². The highest BCUT2D eigenvalue weighted by Crippen LogP contribution is 2.46. The second-order valence-corrected chi connectivity index (χ2v) is 12.9. The van der Waals surface area contributed by atoms with Gasteiger partial charge in [-0.05, 0) is 40.5 Å². The maximum atomic E-state index is 2.45. The van der Waals surface area contributed by atoms with Crippen LogP contribution in [0.15, 0.2) is 0 Å². The second kappa shape index (κ2) is 22.0. The van der Waals surface area contributed by atoms with Crippen LogP contribution in [0.3, 0.4) is 0 Å². The summed E-state index contributed by atoms with van der Waals surface area (Å²) >= 11 is 0. The van der Waals surface area contributed by atoms with Crippen LogP contribution in [0.1, 0.15) is 137 Å². The average Bonchev–Trinajstić information content (AvgIpc) is 2.57. The Labute approximate surface area is 175 Å². The second-order valence-electron chi connectivity index (χ2n) is 8.94. The van der Waals surface area contributed by atoms with Crippen molar-refractivity contribution in [3.63, 3.8) is 0 Å². The van der Waals surface area contributed by atoms with E-state index < -0.39 is 0 Å². The molecule has 26 heavy (non-hydrogen) atoms. The molecule has 0 fully saturated rings. The highest BCUT2D eigenvalue weighted by atomic mass is 35.5. The molecule has 2 heteroatoms. The summed E-state index contributed by atoms with van der Waals surface area (Å²) in [4.78, 5) is 0. The minimum atomic E-state index is -0.0973. The highest BCUT2D eigenvalue weighted by Gasteiger charge is 2.23. The third kappa shape index (κ3) is 19.5. The Morgan fingerprint density at radius 3 is 1.00 bits per heavy atom. The Kier molecular flexibility index (Phi) is 24.5. The van der Waals surface area contributed by atoms with Crippen molar-refractivity contribution in [3.8, 4) is 0 Å². The molecule has 0 unspecified atom stereocenters. The number of hydrogen-bond acceptors (Lipinski definition) is 0. The predicted octanol–water partition coefficient (Wildman–Crippen LogP) is 6.28. The first-order valence-corrected chi connectivity index (χ1v) is 13.8. The monoisotopic (exact) mass is 406 g/mol. The molecule has 0 amide bonds. The van der Waals surface area contributed by atoms with E-state index in [0.29, 0.717) is 0 Å². The minimum Gasteiger partial charge on any atom is -1.00 e. The van der Waals surface area contributed by atoms with E-state index in [0.717, 1.165) is 11.3 Å². The molecule has 0 heterocycles. The molecule has 0 aromatic heterocycles. The topological polar surface area (TPSA) is 0 Å².